The first-order chi connectivity index (χ1) is 6.70. The summed E-state index contributed by atoms with van der Waals surface area (Å²) in [6.07, 6.45) is 3.18. The molecule has 14 heavy (non-hydrogen) atoms. The van der Waals surface area contributed by atoms with Crippen LogP contribution in [0.4, 0.5) is 0 Å². The molecule has 0 aromatic rings. The lowest BCUT2D eigenvalue weighted by Crippen LogP contribution is -2.33. The van der Waals surface area contributed by atoms with E-state index in [4.69, 9.17) is 0 Å². The summed E-state index contributed by atoms with van der Waals surface area (Å²) in [6, 6.07) is 0.224. The van der Waals surface area contributed by atoms with Crippen LogP contribution in [-0.2, 0) is 14.3 Å². The van der Waals surface area contributed by atoms with Crippen molar-refractivity contribution in [1.29, 1.82) is 0 Å². The summed E-state index contributed by atoms with van der Waals surface area (Å²) in [5.74, 6) is 0.711. The predicted molar refractivity (Wildman–Crippen MR) is 49.4 cm³/mol. The van der Waals surface area contributed by atoms with Gasteiger partial charge in [-0.2, -0.15) is 0 Å². The monoisotopic (exact) mass is 197 g/mol. The van der Waals surface area contributed by atoms with Crippen molar-refractivity contribution in [2.45, 2.75) is 31.7 Å². The zero-order chi connectivity index (χ0) is 10.1. The molecule has 1 saturated heterocycles. The van der Waals surface area contributed by atoms with Gasteiger partial charge in [-0.3, -0.25) is 9.59 Å². The molecule has 0 spiro atoms. The predicted octanol–water partition coefficient (Wildman–Crippen LogP) is 0.464. The number of methoxy groups -OCH3 is 1. The van der Waals surface area contributed by atoms with Crippen LogP contribution in [0.15, 0.2) is 0 Å². The number of fused-ring (bicyclic) bond motifs is 1. The molecule has 1 aliphatic heterocycles. The van der Waals surface area contributed by atoms with Crippen molar-refractivity contribution in [3.8, 4) is 0 Å². The van der Waals surface area contributed by atoms with Crippen LogP contribution in [-0.4, -0.2) is 25.0 Å². The van der Waals surface area contributed by atoms with Gasteiger partial charge in [0.2, 0.25) is 5.91 Å². The Morgan fingerprint density at radius 1 is 1.57 bits per heavy atom. The summed E-state index contributed by atoms with van der Waals surface area (Å²) < 4.78 is 4.64. The average molecular weight is 197 g/mol. The van der Waals surface area contributed by atoms with Gasteiger partial charge in [0, 0.05) is 12.5 Å². The van der Waals surface area contributed by atoms with Gasteiger partial charge in [-0.1, -0.05) is 0 Å². The van der Waals surface area contributed by atoms with Crippen LogP contribution in [0.2, 0.25) is 0 Å². The van der Waals surface area contributed by atoms with E-state index in [1.54, 1.807) is 0 Å². The van der Waals surface area contributed by atoms with E-state index >= 15 is 0 Å². The molecular formula is C10H15NO3. The molecule has 0 aromatic carbocycles. The first-order valence-electron chi connectivity index (χ1n) is 5.07. The second-order valence-corrected chi connectivity index (χ2v) is 4.18. The second kappa shape index (κ2) is 3.59. The minimum atomic E-state index is -0.170. The van der Waals surface area contributed by atoms with Crippen molar-refractivity contribution in [1.82, 2.24) is 5.32 Å². The number of hydrogen-bond acceptors (Lipinski definition) is 3. The minimum Gasteiger partial charge on any atom is -0.469 e. The van der Waals surface area contributed by atoms with Gasteiger partial charge in [-0.25, -0.2) is 0 Å². The molecule has 1 N–H and O–H groups in total. The van der Waals surface area contributed by atoms with E-state index in [0.717, 1.165) is 12.8 Å². The van der Waals surface area contributed by atoms with Crippen molar-refractivity contribution >= 4 is 11.9 Å². The third kappa shape index (κ3) is 1.61. The summed E-state index contributed by atoms with van der Waals surface area (Å²) in [6.45, 7) is 0. The van der Waals surface area contributed by atoms with E-state index in [2.05, 4.69) is 10.1 Å². The topological polar surface area (TPSA) is 55.4 Å². The molecule has 0 radical (unpaired) electrons. The zero-order valence-electron chi connectivity index (χ0n) is 8.29. The maximum Gasteiger partial charge on any atom is 0.305 e. The minimum absolute atomic E-state index is 0.134. The fourth-order valence-corrected chi connectivity index (χ4v) is 2.65. The number of carbonyl (C=O) groups is 2. The Bertz CT molecular complexity index is 264. The highest BCUT2D eigenvalue weighted by Crippen LogP contribution is 2.38. The Labute approximate surface area is 83.0 Å². The van der Waals surface area contributed by atoms with Gasteiger partial charge in [0.05, 0.1) is 13.5 Å². The molecule has 4 heteroatoms. The SMILES string of the molecule is COC(=O)CC1CC[C@@H]2CC(=O)NC12. The number of esters is 1. The maximum absolute atomic E-state index is 11.1. The molecule has 4 nitrogen and oxygen atoms in total. The Kier molecular flexibility index (Phi) is 2.44. The molecule has 1 saturated carbocycles. The Morgan fingerprint density at radius 3 is 3.07 bits per heavy atom. The van der Waals surface area contributed by atoms with Gasteiger partial charge in [0.15, 0.2) is 0 Å². The van der Waals surface area contributed by atoms with Gasteiger partial charge in [0.25, 0.3) is 0 Å². The molecule has 2 unspecified atom stereocenters. The third-order valence-electron chi connectivity index (χ3n) is 3.36. The number of nitrogens with one attached hydrogen (secondary N) is 1. The number of amides is 1. The maximum atomic E-state index is 11.1. The van der Waals surface area contributed by atoms with Gasteiger partial charge in [0.1, 0.15) is 0 Å². The molecule has 3 atom stereocenters. The van der Waals surface area contributed by atoms with Crippen LogP contribution < -0.4 is 5.32 Å². The molecule has 2 rings (SSSR count). The Morgan fingerprint density at radius 2 is 2.36 bits per heavy atom. The molecule has 2 fully saturated rings. The molecule has 1 amide bonds. The first kappa shape index (κ1) is 9.49. The number of ether oxygens (including phenoxy) is 1. The number of rotatable bonds is 2. The second-order valence-electron chi connectivity index (χ2n) is 4.18. The van der Waals surface area contributed by atoms with Gasteiger partial charge in [-0.15, -0.1) is 0 Å². The molecule has 0 bridgehead atoms. The van der Waals surface area contributed by atoms with E-state index in [1.165, 1.54) is 7.11 Å². The molecule has 1 heterocycles. The lowest BCUT2D eigenvalue weighted by atomic mass is 9.97. The quantitative estimate of drug-likeness (QED) is 0.654. The Balaban J connectivity index is 1.95. The third-order valence-corrected chi connectivity index (χ3v) is 3.36. The lowest BCUT2D eigenvalue weighted by Gasteiger charge is -2.17. The van der Waals surface area contributed by atoms with Crippen LogP contribution in [0.5, 0.6) is 0 Å². The fourth-order valence-electron chi connectivity index (χ4n) is 2.65. The summed E-state index contributed by atoms with van der Waals surface area (Å²) in [5.41, 5.74) is 0. The highest BCUT2D eigenvalue weighted by molar-refractivity contribution is 5.79. The van der Waals surface area contributed by atoms with Crippen LogP contribution in [0, 0.1) is 11.8 Å². The molecular weight excluding hydrogens is 182 g/mol. The molecule has 2 aliphatic rings. The highest BCUT2D eigenvalue weighted by Gasteiger charge is 2.43. The summed E-state index contributed by atoms with van der Waals surface area (Å²) >= 11 is 0. The van der Waals surface area contributed by atoms with Crippen molar-refractivity contribution in [3.63, 3.8) is 0 Å². The number of hydrogen-bond donors (Lipinski definition) is 1. The van der Waals surface area contributed by atoms with Crippen molar-refractivity contribution in [2.75, 3.05) is 7.11 Å². The molecule has 0 aromatic heterocycles. The Hall–Kier alpha value is -1.06. The highest BCUT2D eigenvalue weighted by atomic mass is 16.5. The van der Waals surface area contributed by atoms with E-state index in [1.807, 2.05) is 0 Å². The van der Waals surface area contributed by atoms with Gasteiger partial charge < -0.3 is 10.1 Å². The van der Waals surface area contributed by atoms with E-state index in [0.29, 0.717) is 24.7 Å². The van der Waals surface area contributed by atoms with Crippen molar-refractivity contribution < 1.29 is 14.3 Å². The van der Waals surface area contributed by atoms with Crippen molar-refractivity contribution in [2.24, 2.45) is 11.8 Å². The summed E-state index contributed by atoms with van der Waals surface area (Å²) in [7, 11) is 1.40. The molecule has 78 valence electrons. The van der Waals surface area contributed by atoms with Crippen LogP contribution >= 0.6 is 0 Å². The van der Waals surface area contributed by atoms with Crippen LogP contribution in [0.1, 0.15) is 25.7 Å². The summed E-state index contributed by atoms with van der Waals surface area (Å²) in [5, 5.41) is 2.95. The molecule has 1 aliphatic carbocycles. The first-order valence-corrected chi connectivity index (χ1v) is 5.07. The number of carbonyl (C=O) groups excluding carboxylic acids is 2. The fraction of sp³-hybridized carbons (Fsp3) is 0.800. The lowest BCUT2D eigenvalue weighted by molar-refractivity contribution is -0.142. The van der Waals surface area contributed by atoms with Gasteiger partial charge in [-0.05, 0) is 24.7 Å². The van der Waals surface area contributed by atoms with E-state index < -0.39 is 0 Å². The van der Waals surface area contributed by atoms with E-state index in [9.17, 15) is 9.59 Å². The van der Waals surface area contributed by atoms with Crippen LogP contribution in [0.25, 0.3) is 0 Å². The standard InChI is InChI=1S/C10H15NO3/c1-14-9(13)5-7-3-2-6-4-8(12)11-10(6)7/h6-7,10H,2-5H2,1H3,(H,11,12)/t6-,7?,10?/m1/s1. The summed E-state index contributed by atoms with van der Waals surface area (Å²) in [4.78, 5) is 22.2. The van der Waals surface area contributed by atoms with Crippen LogP contribution in [0.3, 0.4) is 0 Å². The smallest absolute Gasteiger partial charge is 0.305 e. The average Bonchev–Trinajstić information content (AvgIpc) is 2.67. The van der Waals surface area contributed by atoms with E-state index in [-0.39, 0.29) is 17.9 Å². The van der Waals surface area contributed by atoms with Crippen molar-refractivity contribution in [3.05, 3.63) is 0 Å². The normalized spacial score (nSPS) is 35.2. The zero-order valence-corrected chi connectivity index (χ0v) is 8.29. The van der Waals surface area contributed by atoms with Gasteiger partial charge >= 0.3 is 5.97 Å². The largest absolute Gasteiger partial charge is 0.469 e.